The highest BCUT2D eigenvalue weighted by molar-refractivity contribution is 7.20. The molecule has 24 heavy (non-hydrogen) atoms. The Kier molecular flexibility index (Phi) is 4.58. The molecule has 0 aliphatic carbocycles. The van der Waals surface area contributed by atoms with Crippen LogP contribution in [-0.2, 0) is 0 Å². The van der Waals surface area contributed by atoms with Gasteiger partial charge in [0.05, 0.1) is 5.56 Å². The lowest BCUT2D eigenvalue weighted by atomic mass is 10.2. The molecule has 3 amide bonds. The second kappa shape index (κ2) is 6.81. The number of carbonyl (C=O) groups is 2. The van der Waals surface area contributed by atoms with E-state index in [1.807, 2.05) is 0 Å². The van der Waals surface area contributed by atoms with E-state index in [2.05, 4.69) is 25.5 Å². The van der Waals surface area contributed by atoms with Crippen LogP contribution in [0.25, 0.3) is 10.4 Å². The fourth-order valence-electron chi connectivity index (χ4n) is 2.40. The van der Waals surface area contributed by atoms with Gasteiger partial charge in [-0.05, 0) is 6.07 Å². The molecule has 6 N–H and O–H groups in total. The number of hydrogen-bond acceptors (Lipinski definition) is 7. The molecule has 0 atom stereocenters. The summed E-state index contributed by atoms with van der Waals surface area (Å²) in [6.07, 6.45) is 3.38. The van der Waals surface area contributed by atoms with Crippen molar-refractivity contribution in [2.24, 2.45) is 11.5 Å². The fraction of sp³-hybridized carbons (Fsp3) is 0.286. The van der Waals surface area contributed by atoms with Crippen LogP contribution >= 0.6 is 11.3 Å². The molecule has 0 bridgehead atoms. The van der Waals surface area contributed by atoms with Gasteiger partial charge in [0.2, 0.25) is 5.95 Å². The summed E-state index contributed by atoms with van der Waals surface area (Å²) < 4.78 is 0. The molecule has 1 fully saturated rings. The van der Waals surface area contributed by atoms with E-state index in [0.29, 0.717) is 10.9 Å². The number of aromatic nitrogens is 2. The van der Waals surface area contributed by atoms with Crippen LogP contribution in [0.15, 0.2) is 18.5 Å². The Labute approximate surface area is 142 Å². The summed E-state index contributed by atoms with van der Waals surface area (Å²) in [7, 11) is 0. The molecule has 0 unspecified atom stereocenters. The molecule has 0 radical (unpaired) electrons. The fourth-order valence-corrected chi connectivity index (χ4v) is 3.44. The third-order valence-electron chi connectivity index (χ3n) is 3.56. The topological polar surface area (TPSA) is 139 Å². The van der Waals surface area contributed by atoms with E-state index in [1.165, 1.54) is 11.3 Å². The number of nitrogens with two attached hydrogens (primary N) is 2. The minimum atomic E-state index is -0.754. The molecule has 10 heteroatoms. The number of piperazine rings is 1. The Morgan fingerprint density at radius 2 is 1.88 bits per heavy atom. The highest BCUT2D eigenvalue weighted by atomic mass is 32.1. The standard InChI is InChI=1S/C14H17N7O2S/c15-11(22)9-5-10(24-12(9)20-13(16)23)8-6-18-14(19-7-8)21-3-1-17-2-4-21/h5-7,17H,1-4H2,(H2,15,22)(H3,16,20,23). The van der Waals surface area contributed by atoms with Gasteiger partial charge in [0.15, 0.2) is 0 Å². The summed E-state index contributed by atoms with van der Waals surface area (Å²) >= 11 is 1.19. The number of rotatable bonds is 4. The number of primary amides is 2. The van der Waals surface area contributed by atoms with Crippen molar-refractivity contribution in [1.82, 2.24) is 15.3 Å². The summed E-state index contributed by atoms with van der Waals surface area (Å²) in [5.41, 5.74) is 11.4. The van der Waals surface area contributed by atoms with E-state index in [4.69, 9.17) is 11.5 Å². The molecular weight excluding hydrogens is 330 g/mol. The molecule has 2 aromatic rings. The van der Waals surface area contributed by atoms with Gasteiger partial charge in [-0.25, -0.2) is 14.8 Å². The van der Waals surface area contributed by atoms with Crippen molar-refractivity contribution in [1.29, 1.82) is 0 Å². The van der Waals surface area contributed by atoms with Crippen LogP contribution in [-0.4, -0.2) is 48.1 Å². The Bertz CT molecular complexity index is 753. The number of anilines is 2. The zero-order valence-corrected chi connectivity index (χ0v) is 13.6. The average molecular weight is 347 g/mol. The number of carbonyl (C=O) groups excluding carboxylic acids is 2. The van der Waals surface area contributed by atoms with Crippen LogP contribution in [0.1, 0.15) is 10.4 Å². The predicted octanol–water partition coefficient (Wildman–Crippen LogP) is 0.204. The van der Waals surface area contributed by atoms with Gasteiger partial charge in [-0.3, -0.25) is 10.1 Å². The maximum absolute atomic E-state index is 11.5. The first-order chi connectivity index (χ1) is 11.5. The molecule has 3 rings (SSSR count). The van der Waals surface area contributed by atoms with Crippen molar-refractivity contribution in [3.05, 3.63) is 24.0 Å². The summed E-state index contributed by atoms with van der Waals surface area (Å²) in [4.78, 5) is 34.1. The van der Waals surface area contributed by atoms with Crippen LogP contribution in [0.2, 0.25) is 0 Å². The van der Waals surface area contributed by atoms with Gasteiger partial charge in [0, 0.05) is 49.0 Å². The number of nitrogens with one attached hydrogen (secondary N) is 2. The van der Waals surface area contributed by atoms with Crippen LogP contribution in [0, 0.1) is 0 Å². The van der Waals surface area contributed by atoms with Gasteiger partial charge in [-0.15, -0.1) is 11.3 Å². The first-order valence-electron chi connectivity index (χ1n) is 7.33. The van der Waals surface area contributed by atoms with Crippen molar-refractivity contribution in [3.8, 4) is 10.4 Å². The molecule has 0 saturated carbocycles. The monoisotopic (exact) mass is 347 g/mol. The summed E-state index contributed by atoms with van der Waals surface area (Å²) in [6, 6.07) is 0.845. The molecule has 0 spiro atoms. The molecule has 2 aromatic heterocycles. The van der Waals surface area contributed by atoms with E-state index < -0.39 is 11.9 Å². The smallest absolute Gasteiger partial charge is 0.317 e. The lowest BCUT2D eigenvalue weighted by Gasteiger charge is -2.27. The van der Waals surface area contributed by atoms with Gasteiger partial charge in [-0.1, -0.05) is 0 Å². The Morgan fingerprint density at radius 1 is 1.21 bits per heavy atom. The molecule has 1 aliphatic heterocycles. The Hall–Kier alpha value is -2.72. The number of thiophene rings is 1. The van der Waals surface area contributed by atoms with Gasteiger partial charge in [-0.2, -0.15) is 0 Å². The number of amides is 3. The average Bonchev–Trinajstić information content (AvgIpc) is 2.99. The van der Waals surface area contributed by atoms with Crippen molar-refractivity contribution in [2.75, 3.05) is 36.4 Å². The second-order valence-corrected chi connectivity index (χ2v) is 6.27. The van der Waals surface area contributed by atoms with Gasteiger partial charge < -0.3 is 21.7 Å². The normalized spacial score (nSPS) is 14.4. The van der Waals surface area contributed by atoms with Gasteiger partial charge >= 0.3 is 6.03 Å². The number of hydrogen-bond donors (Lipinski definition) is 4. The molecular formula is C14H17N7O2S. The van der Waals surface area contributed by atoms with Gasteiger partial charge in [0.1, 0.15) is 5.00 Å². The Morgan fingerprint density at radius 3 is 2.46 bits per heavy atom. The summed E-state index contributed by atoms with van der Waals surface area (Å²) in [6.45, 7) is 3.52. The van der Waals surface area contributed by atoms with Crippen molar-refractivity contribution in [2.45, 2.75) is 0 Å². The van der Waals surface area contributed by atoms with Gasteiger partial charge in [0.25, 0.3) is 5.91 Å². The first-order valence-corrected chi connectivity index (χ1v) is 8.14. The quantitative estimate of drug-likeness (QED) is 0.623. The van der Waals surface area contributed by atoms with Crippen molar-refractivity contribution >= 4 is 34.2 Å². The minimum Gasteiger partial charge on any atom is -0.366 e. The highest BCUT2D eigenvalue weighted by Crippen LogP contribution is 2.35. The van der Waals surface area contributed by atoms with Crippen LogP contribution in [0.5, 0.6) is 0 Å². The second-order valence-electron chi connectivity index (χ2n) is 5.22. The molecule has 0 aromatic carbocycles. The third-order valence-corrected chi connectivity index (χ3v) is 4.66. The lowest BCUT2D eigenvalue weighted by molar-refractivity contribution is 0.100. The number of nitrogens with zero attached hydrogens (tertiary/aromatic N) is 3. The predicted molar refractivity (Wildman–Crippen MR) is 92.2 cm³/mol. The first kappa shape index (κ1) is 16.1. The van der Waals surface area contributed by atoms with E-state index in [0.717, 1.165) is 36.6 Å². The molecule has 3 heterocycles. The maximum atomic E-state index is 11.5. The third kappa shape index (κ3) is 3.44. The summed E-state index contributed by atoms with van der Waals surface area (Å²) in [5, 5.41) is 6.00. The molecule has 1 aliphatic rings. The highest BCUT2D eigenvalue weighted by Gasteiger charge is 2.17. The van der Waals surface area contributed by atoms with Crippen LogP contribution in [0.3, 0.4) is 0 Å². The maximum Gasteiger partial charge on any atom is 0.317 e. The van der Waals surface area contributed by atoms with E-state index in [1.54, 1.807) is 18.5 Å². The van der Waals surface area contributed by atoms with Crippen molar-refractivity contribution < 1.29 is 9.59 Å². The summed E-state index contributed by atoms with van der Waals surface area (Å²) in [5.74, 6) is 0.0296. The minimum absolute atomic E-state index is 0.208. The van der Waals surface area contributed by atoms with Crippen LogP contribution < -0.4 is 27.0 Å². The van der Waals surface area contributed by atoms with Crippen molar-refractivity contribution in [3.63, 3.8) is 0 Å². The Balaban J connectivity index is 1.85. The van der Waals surface area contributed by atoms with Crippen LogP contribution in [0.4, 0.5) is 15.7 Å². The molecule has 126 valence electrons. The lowest BCUT2D eigenvalue weighted by Crippen LogP contribution is -2.44. The molecule has 9 nitrogen and oxygen atoms in total. The SMILES string of the molecule is NC(=O)Nc1sc(-c2cnc(N3CCNCC3)nc2)cc1C(N)=O. The van der Waals surface area contributed by atoms with E-state index in [9.17, 15) is 9.59 Å². The molecule has 1 saturated heterocycles. The van der Waals surface area contributed by atoms with E-state index in [-0.39, 0.29) is 5.56 Å². The largest absolute Gasteiger partial charge is 0.366 e. The zero-order valence-electron chi connectivity index (χ0n) is 12.8. The zero-order chi connectivity index (χ0) is 17.1. The number of urea groups is 1. The van der Waals surface area contributed by atoms with E-state index >= 15 is 0 Å².